The summed E-state index contributed by atoms with van der Waals surface area (Å²) >= 11 is 0. The second-order valence-electron chi connectivity index (χ2n) is 7.73. The molecule has 0 radical (unpaired) electrons. The molecule has 154 valence electrons. The first-order valence-electron chi connectivity index (χ1n) is 10.5. The van der Waals surface area contributed by atoms with Gasteiger partial charge in [-0.25, -0.2) is 4.98 Å². The van der Waals surface area contributed by atoms with E-state index in [9.17, 15) is 9.59 Å². The van der Waals surface area contributed by atoms with Crippen LogP contribution in [0.3, 0.4) is 0 Å². The summed E-state index contributed by atoms with van der Waals surface area (Å²) < 4.78 is 7.13. The highest BCUT2D eigenvalue weighted by Gasteiger charge is 2.30. The number of likely N-dealkylation sites (tertiary alicyclic amines) is 1. The third kappa shape index (κ3) is 4.13. The minimum atomic E-state index is -0.268. The molecule has 2 aromatic rings. The topological polar surface area (TPSA) is 76.5 Å². The van der Waals surface area contributed by atoms with E-state index in [4.69, 9.17) is 4.74 Å². The van der Waals surface area contributed by atoms with Crippen molar-refractivity contribution in [2.45, 2.75) is 51.5 Å². The summed E-state index contributed by atoms with van der Waals surface area (Å²) in [5.41, 5.74) is 1.92. The number of carbonyl (C=O) groups excluding carboxylic acids is 2. The van der Waals surface area contributed by atoms with Crippen molar-refractivity contribution in [2.24, 2.45) is 0 Å². The molecule has 2 aliphatic heterocycles. The number of benzene rings is 1. The number of hydrogen-bond acceptors (Lipinski definition) is 4. The fraction of sp³-hybridized carbons (Fsp3) is 0.500. The van der Waals surface area contributed by atoms with Gasteiger partial charge in [-0.1, -0.05) is 12.8 Å². The minimum absolute atomic E-state index is 0.0430. The average Bonchev–Trinajstić information content (AvgIpc) is 2.93. The van der Waals surface area contributed by atoms with Gasteiger partial charge in [0.1, 0.15) is 5.75 Å². The van der Waals surface area contributed by atoms with Gasteiger partial charge >= 0.3 is 0 Å². The van der Waals surface area contributed by atoms with E-state index in [1.54, 1.807) is 31.4 Å². The molecule has 29 heavy (non-hydrogen) atoms. The molecular formula is C22H28N4O3. The summed E-state index contributed by atoms with van der Waals surface area (Å²) in [6.07, 6.45) is 7.17. The van der Waals surface area contributed by atoms with E-state index in [1.165, 1.54) is 12.8 Å². The van der Waals surface area contributed by atoms with E-state index in [0.717, 1.165) is 63.2 Å². The van der Waals surface area contributed by atoms with Crippen LogP contribution < -0.4 is 10.1 Å². The molecule has 1 fully saturated rings. The first-order valence-corrected chi connectivity index (χ1v) is 10.5. The number of nitrogens with one attached hydrogen (secondary N) is 1. The standard InChI is InChI=1S/C22H28N4O3/c1-29-17-11-9-16(10-12-17)23-21(27)19-18-8-4-7-15-26(18)20(24-19)22(28)25-13-5-2-3-6-14-25/h9-12H,2-8,13-15H2,1H3,(H,23,27). The largest absolute Gasteiger partial charge is 0.497 e. The number of carbonyl (C=O) groups is 2. The zero-order valence-corrected chi connectivity index (χ0v) is 16.9. The quantitative estimate of drug-likeness (QED) is 0.858. The molecule has 2 aliphatic rings. The van der Waals surface area contributed by atoms with Gasteiger partial charge in [-0.2, -0.15) is 0 Å². The van der Waals surface area contributed by atoms with E-state index in [0.29, 0.717) is 17.2 Å². The lowest BCUT2D eigenvalue weighted by atomic mass is 10.1. The molecule has 1 aromatic heterocycles. The summed E-state index contributed by atoms with van der Waals surface area (Å²) in [5, 5.41) is 2.91. The Kier molecular flexibility index (Phi) is 5.83. The lowest BCUT2D eigenvalue weighted by molar-refractivity contribution is 0.0743. The Morgan fingerprint density at radius 3 is 2.34 bits per heavy atom. The molecule has 0 spiro atoms. The predicted molar refractivity (Wildman–Crippen MR) is 110 cm³/mol. The highest BCUT2D eigenvalue weighted by atomic mass is 16.5. The van der Waals surface area contributed by atoms with Gasteiger partial charge in [0.25, 0.3) is 11.8 Å². The lowest BCUT2D eigenvalue weighted by Gasteiger charge is -2.22. The van der Waals surface area contributed by atoms with Gasteiger partial charge in [0, 0.05) is 25.3 Å². The van der Waals surface area contributed by atoms with E-state index >= 15 is 0 Å². The molecule has 0 unspecified atom stereocenters. The molecule has 2 amide bonds. The second-order valence-corrected chi connectivity index (χ2v) is 7.73. The van der Waals surface area contributed by atoms with Crippen LogP contribution in [0.15, 0.2) is 24.3 Å². The Bertz CT molecular complexity index is 880. The van der Waals surface area contributed by atoms with E-state index < -0.39 is 0 Å². The summed E-state index contributed by atoms with van der Waals surface area (Å²) in [7, 11) is 1.60. The normalized spacial score (nSPS) is 16.7. The predicted octanol–water partition coefficient (Wildman–Crippen LogP) is 3.50. The number of amides is 2. The van der Waals surface area contributed by atoms with Crippen LogP contribution in [0.4, 0.5) is 5.69 Å². The first kappa shape index (κ1) is 19.5. The number of rotatable bonds is 4. The van der Waals surface area contributed by atoms with Crippen molar-refractivity contribution in [1.82, 2.24) is 14.5 Å². The van der Waals surface area contributed by atoms with Crippen molar-refractivity contribution in [3.05, 3.63) is 41.5 Å². The number of methoxy groups -OCH3 is 1. The Morgan fingerprint density at radius 1 is 0.966 bits per heavy atom. The molecule has 0 saturated carbocycles. The fourth-order valence-electron chi connectivity index (χ4n) is 4.17. The van der Waals surface area contributed by atoms with Crippen molar-refractivity contribution in [1.29, 1.82) is 0 Å². The van der Waals surface area contributed by atoms with Crippen LogP contribution in [-0.4, -0.2) is 46.5 Å². The van der Waals surface area contributed by atoms with Crippen LogP contribution >= 0.6 is 0 Å². The smallest absolute Gasteiger partial charge is 0.289 e. The Hall–Kier alpha value is -2.83. The maximum Gasteiger partial charge on any atom is 0.289 e. The van der Waals surface area contributed by atoms with Crippen molar-refractivity contribution in [3.8, 4) is 5.75 Å². The number of imidazole rings is 1. The SMILES string of the molecule is COc1ccc(NC(=O)c2nc(C(=O)N3CCCCCC3)n3c2CCCC3)cc1. The van der Waals surface area contributed by atoms with Crippen LogP contribution in [0.1, 0.15) is 65.3 Å². The number of hydrogen-bond donors (Lipinski definition) is 1. The van der Waals surface area contributed by atoms with Crippen molar-refractivity contribution >= 4 is 17.5 Å². The van der Waals surface area contributed by atoms with Gasteiger partial charge in [-0.05, 0) is 56.4 Å². The minimum Gasteiger partial charge on any atom is -0.497 e. The zero-order chi connectivity index (χ0) is 20.2. The van der Waals surface area contributed by atoms with Crippen molar-refractivity contribution in [2.75, 3.05) is 25.5 Å². The molecule has 0 atom stereocenters. The van der Waals surface area contributed by atoms with Crippen LogP contribution in [0.2, 0.25) is 0 Å². The number of fused-ring (bicyclic) bond motifs is 1. The number of aromatic nitrogens is 2. The lowest BCUT2D eigenvalue weighted by Crippen LogP contribution is -2.34. The number of ether oxygens (including phenoxy) is 1. The molecular weight excluding hydrogens is 368 g/mol. The Morgan fingerprint density at radius 2 is 1.66 bits per heavy atom. The van der Waals surface area contributed by atoms with Gasteiger partial charge in [0.2, 0.25) is 0 Å². The van der Waals surface area contributed by atoms with Crippen LogP contribution in [0.5, 0.6) is 5.75 Å². The van der Waals surface area contributed by atoms with Crippen LogP contribution in [0.25, 0.3) is 0 Å². The van der Waals surface area contributed by atoms with Crippen molar-refractivity contribution < 1.29 is 14.3 Å². The van der Waals surface area contributed by atoms with Gasteiger partial charge in [0.05, 0.1) is 12.8 Å². The van der Waals surface area contributed by atoms with Crippen LogP contribution in [0, 0.1) is 0 Å². The van der Waals surface area contributed by atoms with E-state index in [1.807, 2.05) is 9.47 Å². The van der Waals surface area contributed by atoms with E-state index in [2.05, 4.69) is 10.3 Å². The van der Waals surface area contributed by atoms with Gasteiger partial charge < -0.3 is 19.5 Å². The highest BCUT2D eigenvalue weighted by Crippen LogP contribution is 2.24. The highest BCUT2D eigenvalue weighted by molar-refractivity contribution is 6.05. The molecule has 4 rings (SSSR count). The van der Waals surface area contributed by atoms with Crippen LogP contribution in [-0.2, 0) is 13.0 Å². The summed E-state index contributed by atoms with van der Waals surface area (Å²) in [6, 6.07) is 7.18. The summed E-state index contributed by atoms with van der Waals surface area (Å²) in [4.78, 5) is 32.6. The fourth-order valence-corrected chi connectivity index (χ4v) is 4.17. The molecule has 7 heteroatoms. The molecule has 0 bridgehead atoms. The number of nitrogens with zero attached hydrogens (tertiary/aromatic N) is 3. The van der Waals surface area contributed by atoms with Crippen molar-refractivity contribution in [3.63, 3.8) is 0 Å². The maximum absolute atomic E-state index is 13.2. The second kappa shape index (κ2) is 8.68. The molecule has 7 nitrogen and oxygen atoms in total. The molecule has 0 aliphatic carbocycles. The summed E-state index contributed by atoms with van der Waals surface area (Å²) in [5.74, 6) is 0.837. The molecule has 1 N–H and O–H groups in total. The Balaban J connectivity index is 1.59. The molecule has 1 saturated heterocycles. The number of anilines is 1. The van der Waals surface area contributed by atoms with Gasteiger partial charge in [0.15, 0.2) is 11.5 Å². The van der Waals surface area contributed by atoms with E-state index in [-0.39, 0.29) is 11.8 Å². The monoisotopic (exact) mass is 396 g/mol. The third-order valence-electron chi connectivity index (χ3n) is 5.77. The van der Waals surface area contributed by atoms with Gasteiger partial charge in [-0.3, -0.25) is 9.59 Å². The summed E-state index contributed by atoms with van der Waals surface area (Å²) in [6.45, 7) is 2.29. The molecule has 3 heterocycles. The first-order chi connectivity index (χ1) is 14.2. The zero-order valence-electron chi connectivity index (χ0n) is 16.9. The average molecular weight is 396 g/mol. The third-order valence-corrected chi connectivity index (χ3v) is 5.77. The molecule has 1 aromatic carbocycles. The van der Waals surface area contributed by atoms with Gasteiger partial charge in [-0.15, -0.1) is 0 Å². The maximum atomic E-state index is 13.2. The Labute approximate surface area is 171 Å².